The molecule has 1 unspecified atom stereocenters. The SMILES string of the molecule is CC(C)C(CCCl)NC(=O)CC1CC1. The predicted molar refractivity (Wildman–Crippen MR) is 59.4 cm³/mol. The fraction of sp³-hybridized carbons (Fsp3) is 0.909. The third-order valence-corrected chi connectivity index (χ3v) is 2.96. The van der Waals surface area contributed by atoms with Crippen LogP contribution in [0.15, 0.2) is 0 Å². The van der Waals surface area contributed by atoms with Crippen LogP contribution in [0.3, 0.4) is 0 Å². The minimum absolute atomic E-state index is 0.205. The van der Waals surface area contributed by atoms with Gasteiger partial charge in [0.25, 0.3) is 0 Å². The number of alkyl halides is 1. The van der Waals surface area contributed by atoms with E-state index in [9.17, 15) is 4.79 Å². The smallest absolute Gasteiger partial charge is 0.220 e. The summed E-state index contributed by atoms with van der Waals surface area (Å²) in [7, 11) is 0. The van der Waals surface area contributed by atoms with E-state index in [2.05, 4.69) is 19.2 Å². The number of halogens is 1. The number of hydrogen-bond donors (Lipinski definition) is 1. The Kier molecular flexibility index (Phi) is 4.73. The van der Waals surface area contributed by atoms with Crippen molar-refractivity contribution in [1.82, 2.24) is 5.32 Å². The van der Waals surface area contributed by atoms with Crippen LogP contribution in [0.1, 0.15) is 39.5 Å². The van der Waals surface area contributed by atoms with Gasteiger partial charge in [-0.05, 0) is 31.1 Å². The third kappa shape index (κ3) is 4.32. The molecule has 0 radical (unpaired) electrons. The van der Waals surface area contributed by atoms with Gasteiger partial charge in [-0.1, -0.05) is 13.8 Å². The van der Waals surface area contributed by atoms with Crippen molar-refractivity contribution in [2.75, 3.05) is 5.88 Å². The highest BCUT2D eigenvalue weighted by molar-refractivity contribution is 6.17. The highest BCUT2D eigenvalue weighted by Crippen LogP contribution is 2.32. The van der Waals surface area contributed by atoms with Crippen LogP contribution in [0.2, 0.25) is 0 Å². The maximum atomic E-state index is 11.5. The van der Waals surface area contributed by atoms with E-state index in [1.807, 2.05) is 0 Å². The first kappa shape index (κ1) is 11.8. The molecule has 1 amide bonds. The molecule has 1 N–H and O–H groups in total. The zero-order valence-corrected chi connectivity index (χ0v) is 9.81. The number of hydrogen-bond acceptors (Lipinski definition) is 1. The molecular weight excluding hydrogens is 198 g/mol. The summed E-state index contributed by atoms with van der Waals surface area (Å²) in [4.78, 5) is 11.5. The molecule has 0 aliphatic heterocycles. The molecule has 0 aromatic carbocycles. The minimum Gasteiger partial charge on any atom is -0.353 e. The van der Waals surface area contributed by atoms with Crippen LogP contribution in [-0.2, 0) is 4.79 Å². The highest BCUT2D eigenvalue weighted by atomic mass is 35.5. The quantitative estimate of drug-likeness (QED) is 0.681. The Morgan fingerprint density at radius 3 is 2.57 bits per heavy atom. The molecule has 1 saturated carbocycles. The average molecular weight is 218 g/mol. The van der Waals surface area contributed by atoms with Gasteiger partial charge >= 0.3 is 0 Å². The molecule has 14 heavy (non-hydrogen) atoms. The second-order valence-corrected chi connectivity index (χ2v) is 4.92. The van der Waals surface area contributed by atoms with E-state index in [1.54, 1.807) is 0 Å². The van der Waals surface area contributed by atoms with Gasteiger partial charge in [0.1, 0.15) is 0 Å². The number of carbonyl (C=O) groups is 1. The van der Waals surface area contributed by atoms with Crippen LogP contribution < -0.4 is 5.32 Å². The fourth-order valence-electron chi connectivity index (χ4n) is 1.54. The molecule has 0 aromatic heterocycles. The van der Waals surface area contributed by atoms with Crippen molar-refractivity contribution in [1.29, 1.82) is 0 Å². The Labute approximate surface area is 91.4 Å². The standard InChI is InChI=1S/C11H20ClNO/c1-8(2)10(5-6-12)13-11(14)7-9-3-4-9/h8-10H,3-7H2,1-2H3,(H,13,14). The number of nitrogens with one attached hydrogen (secondary N) is 1. The van der Waals surface area contributed by atoms with Crippen molar-refractivity contribution in [3.8, 4) is 0 Å². The Bertz CT molecular complexity index is 190. The molecule has 82 valence electrons. The lowest BCUT2D eigenvalue weighted by Gasteiger charge is -2.21. The topological polar surface area (TPSA) is 29.1 Å². The summed E-state index contributed by atoms with van der Waals surface area (Å²) in [5, 5.41) is 3.07. The number of rotatable bonds is 6. The predicted octanol–water partition coefficient (Wildman–Crippen LogP) is 2.56. The Morgan fingerprint density at radius 2 is 2.14 bits per heavy atom. The van der Waals surface area contributed by atoms with Gasteiger partial charge in [0, 0.05) is 18.3 Å². The van der Waals surface area contributed by atoms with E-state index in [4.69, 9.17) is 11.6 Å². The van der Waals surface area contributed by atoms with Crippen molar-refractivity contribution in [2.24, 2.45) is 11.8 Å². The lowest BCUT2D eigenvalue weighted by atomic mass is 10.0. The lowest BCUT2D eigenvalue weighted by Crippen LogP contribution is -2.38. The van der Waals surface area contributed by atoms with Gasteiger partial charge in [-0.25, -0.2) is 0 Å². The fourth-order valence-corrected chi connectivity index (χ4v) is 1.77. The van der Waals surface area contributed by atoms with E-state index in [-0.39, 0.29) is 11.9 Å². The summed E-state index contributed by atoms with van der Waals surface area (Å²) in [6.07, 6.45) is 4.05. The first-order valence-corrected chi connectivity index (χ1v) is 6.02. The summed E-state index contributed by atoms with van der Waals surface area (Å²) in [5.74, 6) is 1.96. The van der Waals surface area contributed by atoms with E-state index in [0.717, 1.165) is 6.42 Å². The second-order valence-electron chi connectivity index (χ2n) is 4.54. The Hall–Kier alpha value is -0.240. The van der Waals surface area contributed by atoms with Crippen molar-refractivity contribution < 1.29 is 4.79 Å². The largest absolute Gasteiger partial charge is 0.353 e. The van der Waals surface area contributed by atoms with Gasteiger partial charge in [0.2, 0.25) is 5.91 Å². The summed E-state index contributed by atoms with van der Waals surface area (Å²) in [5.41, 5.74) is 0. The molecule has 1 rings (SSSR count). The first-order valence-electron chi connectivity index (χ1n) is 5.48. The molecule has 0 saturated heterocycles. The lowest BCUT2D eigenvalue weighted by molar-refractivity contribution is -0.122. The van der Waals surface area contributed by atoms with Gasteiger partial charge < -0.3 is 5.32 Å². The highest BCUT2D eigenvalue weighted by Gasteiger charge is 2.25. The molecule has 1 atom stereocenters. The van der Waals surface area contributed by atoms with E-state index in [0.29, 0.717) is 24.1 Å². The van der Waals surface area contributed by atoms with Crippen molar-refractivity contribution in [2.45, 2.75) is 45.6 Å². The molecule has 0 spiro atoms. The molecule has 1 aliphatic carbocycles. The van der Waals surface area contributed by atoms with Gasteiger partial charge in [-0.3, -0.25) is 4.79 Å². The van der Waals surface area contributed by atoms with Crippen LogP contribution in [0.5, 0.6) is 0 Å². The van der Waals surface area contributed by atoms with Crippen molar-refractivity contribution in [3.05, 3.63) is 0 Å². The van der Waals surface area contributed by atoms with Crippen LogP contribution in [-0.4, -0.2) is 17.8 Å². The van der Waals surface area contributed by atoms with Crippen molar-refractivity contribution >= 4 is 17.5 Å². The van der Waals surface area contributed by atoms with Crippen LogP contribution in [0.4, 0.5) is 0 Å². The number of carbonyl (C=O) groups excluding carboxylic acids is 1. The van der Waals surface area contributed by atoms with E-state index < -0.39 is 0 Å². The summed E-state index contributed by atoms with van der Waals surface area (Å²) < 4.78 is 0. The molecule has 0 bridgehead atoms. The van der Waals surface area contributed by atoms with Gasteiger partial charge in [0.05, 0.1) is 0 Å². The monoisotopic (exact) mass is 217 g/mol. The first-order chi connectivity index (χ1) is 6.63. The maximum Gasteiger partial charge on any atom is 0.220 e. The van der Waals surface area contributed by atoms with Crippen LogP contribution in [0.25, 0.3) is 0 Å². The summed E-state index contributed by atoms with van der Waals surface area (Å²) in [6.45, 7) is 4.24. The third-order valence-electron chi connectivity index (χ3n) is 2.74. The summed E-state index contributed by atoms with van der Waals surface area (Å²) >= 11 is 5.69. The van der Waals surface area contributed by atoms with Crippen LogP contribution >= 0.6 is 11.6 Å². The Morgan fingerprint density at radius 1 is 1.50 bits per heavy atom. The molecular formula is C11H20ClNO. The summed E-state index contributed by atoms with van der Waals surface area (Å²) in [6, 6.07) is 0.249. The van der Waals surface area contributed by atoms with Crippen molar-refractivity contribution in [3.63, 3.8) is 0 Å². The number of amides is 1. The molecule has 1 aliphatic rings. The zero-order valence-electron chi connectivity index (χ0n) is 9.05. The zero-order chi connectivity index (χ0) is 10.6. The molecule has 2 nitrogen and oxygen atoms in total. The average Bonchev–Trinajstić information content (AvgIpc) is 2.87. The maximum absolute atomic E-state index is 11.5. The van der Waals surface area contributed by atoms with Gasteiger partial charge in [0.15, 0.2) is 0 Å². The minimum atomic E-state index is 0.205. The Balaban J connectivity index is 2.25. The molecule has 3 heteroatoms. The van der Waals surface area contributed by atoms with Crippen LogP contribution in [0, 0.1) is 11.8 Å². The molecule has 0 aromatic rings. The van der Waals surface area contributed by atoms with Gasteiger partial charge in [-0.2, -0.15) is 0 Å². The molecule has 0 heterocycles. The van der Waals surface area contributed by atoms with Gasteiger partial charge in [-0.15, -0.1) is 11.6 Å². The molecule has 1 fully saturated rings. The normalized spacial score (nSPS) is 18.3. The van der Waals surface area contributed by atoms with E-state index in [1.165, 1.54) is 12.8 Å². The van der Waals surface area contributed by atoms with E-state index >= 15 is 0 Å². The second kappa shape index (κ2) is 5.59.